The zero-order valence-corrected chi connectivity index (χ0v) is 29.2. The molecule has 0 heterocycles. The van der Waals surface area contributed by atoms with E-state index in [0.29, 0.717) is 25.2 Å². The van der Waals surface area contributed by atoms with Crippen LogP contribution in [0.15, 0.2) is 0 Å². The minimum atomic E-state index is -0.597. The van der Waals surface area contributed by atoms with E-state index in [0.717, 1.165) is 38.5 Å². The van der Waals surface area contributed by atoms with E-state index in [1.165, 1.54) is 0 Å². The number of carbonyl (C=O) groups is 2. The molecular formula is C35H68O4. The van der Waals surface area contributed by atoms with E-state index < -0.39 is 5.60 Å². The van der Waals surface area contributed by atoms with E-state index in [9.17, 15) is 9.59 Å². The highest BCUT2D eigenvalue weighted by Crippen LogP contribution is 2.43. The summed E-state index contributed by atoms with van der Waals surface area (Å²) in [7, 11) is 0. The van der Waals surface area contributed by atoms with Gasteiger partial charge in [0, 0.05) is 18.8 Å². The van der Waals surface area contributed by atoms with Gasteiger partial charge < -0.3 is 9.47 Å². The first-order valence-corrected chi connectivity index (χ1v) is 15.7. The lowest BCUT2D eigenvalue weighted by molar-refractivity contribution is -0.168. The van der Waals surface area contributed by atoms with E-state index in [2.05, 4.69) is 90.0 Å². The molecule has 232 valence electrons. The number of carbonyl (C=O) groups excluding carboxylic acids is 2. The second-order valence-corrected chi connectivity index (χ2v) is 17.1. The molecule has 0 aliphatic carbocycles. The molecule has 0 spiro atoms. The summed E-state index contributed by atoms with van der Waals surface area (Å²) in [5, 5.41) is 0. The Labute approximate surface area is 244 Å². The Morgan fingerprint density at radius 3 is 1.67 bits per heavy atom. The van der Waals surface area contributed by atoms with Crippen LogP contribution >= 0.6 is 0 Å². The molecule has 0 radical (unpaired) electrons. The van der Waals surface area contributed by atoms with Crippen molar-refractivity contribution in [2.75, 3.05) is 6.61 Å². The van der Waals surface area contributed by atoms with Crippen LogP contribution in [0.3, 0.4) is 0 Å². The van der Waals surface area contributed by atoms with Crippen molar-refractivity contribution in [1.82, 2.24) is 0 Å². The average molecular weight is 553 g/mol. The zero-order valence-electron chi connectivity index (χ0n) is 29.2. The fourth-order valence-corrected chi connectivity index (χ4v) is 6.39. The highest BCUT2D eigenvalue weighted by Gasteiger charge is 2.39. The van der Waals surface area contributed by atoms with Gasteiger partial charge in [-0.3, -0.25) is 9.59 Å². The Bertz CT molecular complexity index is 764. The Morgan fingerprint density at radius 1 is 0.667 bits per heavy atom. The quantitative estimate of drug-likeness (QED) is 0.159. The molecule has 0 aliphatic heterocycles. The summed E-state index contributed by atoms with van der Waals surface area (Å²) < 4.78 is 12.3. The fourth-order valence-electron chi connectivity index (χ4n) is 6.39. The molecule has 39 heavy (non-hydrogen) atoms. The molecule has 2 unspecified atom stereocenters. The van der Waals surface area contributed by atoms with E-state index in [1.807, 2.05) is 20.8 Å². The van der Waals surface area contributed by atoms with Crippen molar-refractivity contribution in [3.63, 3.8) is 0 Å². The van der Waals surface area contributed by atoms with Crippen molar-refractivity contribution in [1.29, 1.82) is 0 Å². The van der Waals surface area contributed by atoms with E-state index >= 15 is 0 Å². The van der Waals surface area contributed by atoms with Crippen molar-refractivity contribution in [3.05, 3.63) is 0 Å². The molecule has 0 saturated heterocycles. The van der Waals surface area contributed by atoms with Crippen LogP contribution in [0.5, 0.6) is 0 Å². The summed E-state index contributed by atoms with van der Waals surface area (Å²) in [5.41, 5.74) is -0.669. The first kappa shape index (κ1) is 38.1. The lowest BCUT2D eigenvalue weighted by Gasteiger charge is -2.39. The topological polar surface area (TPSA) is 52.6 Å². The SMILES string of the molecule is CCCC(C)(C)CC(C)(C)C(C)C(=O)OC(C)(C)CCOC(C)(C)CCCC(=O)C(C)C(C)(C)CC(C)(C)C. The van der Waals surface area contributed by atoms with Gasteiger partial charge in [-0.15, -0.1) is 0 Å². The Hall–Kier alpha value is -0.900. The molecule has 0 rings (SSSR count). The average Bonchev–Trinajstić information content (AvgIpc) is 2.68. The number of rotatable bonds is 18. The van der Waals surface area contributed by atoms with E-state index in [1.54, 1.807) is 0 Å². The van der Waals surface area contributed by atoms with Gasteiger partial charge in [0.15, 0.2) is 0 Å². The van der Waals surface area contributed by atoms with Gasteiger partial charge in [0.25, 0.3) is 0 Å². The summed E-state index contributed by atoms with van der Waals surface area (Å²) in [6.45, 7) is 35.1. The van der Waals surface area contributed by atoms with Crippen LogP contribution < -0.4 is 0 Å². The standard InChI is InChI=1S/C35H68O4/c1-17-20-31(7,8)25-33(11,12)27(3)29(37)39-35(15,16)22-23-38-34(13,14)21-18-19-28(36)26(2)32(9,10)24-30(4,5)6/h26-27H,17-25H2,1-16H3. The van der Waals surface area contributed by atoms with Gasteiger partial charge in [0.1, 0.15) is 11.4 Å². The first-order valence-electron chi connectivity index (χ1n) is 15.7. The van der Waals surface area contributed by atoms with Crippen molar-refractivity contribution < 1.29 is 19.1 Å². The second-order valence-electron chi connectivity index (χ2n) is 17.1. The summed E-state index contributed by atoms with van der Waals surface area (Å²) in [5.74, 6) is 0.0849. The molecule has 0 aromatic heterocycles. The van der Waals surface area contributed by atoms with Gasteiger partial charge in [-0.05, 0) is 81.5 Å². The third-order valence-corrected chi connectivity index (χ3v) is 8.80. The highest BCUT2D eigenvalue weighted by molar-refractivity contribution is 5.81. The monoisotopic (exact) mass is 553 g/mol. The number of ketones is 1. The maximum atomic E-state index is 13.1. The van der Waals surface area contributed by atoms with Crippen LogP contribution in [0.2, 0.25) is 0 Å². The molecule has 2 atom stereocenters. The second kappa shape index (κ2) is 14.3. The smallest absolute Gasteiger partial charge is 0.309 e. The third-order valence-electron chi connectivity index (χ3n) is 8.80. The van der Waals surface area contributed by atoms with Crippen LogP contribution in [0.4, 0.5) is 0 Å². The fraction of sp³-hybridized carbons (Fsp3) is 0.943. The summed E-state index contributed by atoms with van der Waals surface area (Å²) in [6.07, 6.45) is 7.17. The molecule has 0 aromatic rings. The molecule has 4 heteroatoms. The Kier molecular flexibility index (Phi) is 14.0. The minimum Gasteiger partial charge on any atom is -0.459 e. The number of esters is 1. The van der Waals surface area contributed by atoms with E-state index in [-0.39, 0.29) is 45.1 Å². The van der Waals surface area contributed by atoms with Gasteiger partial charge in [-0.2, -0.15) is 0 Å². The molecule has 0 N–H and O–H groups in total. The van der Waals surface area contributed by atoms with Gasteiger partial charge in [0.05, 0.1) is 18.1 Å². The Morgan fingerprint density at radius 2 is 1.18 bits per heavy atom. The lowest BCUT2D eigenvalue weighted by Crippen LogP contribution is -2.39. The first-order chi connectivity index (χ1) is 17.3. The summed E-state index contributed by atoms with van der Waals surface area (Å²) in [6, 6.07) is 0. The normalized spacial score (nSPS) is 15.7. The van der Waals surface area contributed by atoms with Crippen molar-refractivity contribution in [2.45, 2.75) is 173 Å². The van der Waals surface area contributed by atoms with Crippen LogP contribution in [-0.2, 0) is 19.1 Å². The van der Waals surface area contributed by atoms with Crippen LogP contribution in [0.25, 0.3) is 0 Å². The van der Waals surface area contributed by atoms with Gasteiger partial charge in [-0.1, -0.05) is 89.5 Å². The Balaban J connectivity index is 4.76. The van der Waals surface area contributed by atoms with Gasteiger partial charge in [0.2, 0.25) is 0 Å². The molecule has 0 aromatic carbocycles. The van der Waals surface area contributed by atoms with E-state index in [4.69, 9.17) is 9.47 Å². The largest absolute Gasteiger partial charge is 0.459 e. The number of Topliss-reactive ketones (excluding diaryl/α,β-unsaturated/α-hetero) is 1. The van der Waals surface area contributed by atoms with Crippen LogP contribution in [0.1, 0.15) is 162 Å². The van der Waals surface area contributed by atoms with Crippen LogP contribution in [-0.4, -0.2) is 29.6 Å². The molecule has 0 amide bonds. The van der Waals surface area contributed by atoms with Gasteiger partial charge in [-0.25, -0.2) is 0 Å². The molecule has 4 nitrogen and oxygen atoms in total. The number of hydrogen-bond acceptors (Lipinski definition) is 4. The zero-order chi connectivity index (χ0) is 31.1. The molecule has 0 aliphatic rings. The maximum Gasteiger partial charge on any atom is 0.309 e. The molecule has 0 saturated carbocycles. The summed E-state index contributed by atoms with van der Waals surface area (Å²) >= 11 is 0. The van der Waals surface area contributed by atoms with Crippen LogP contribution in [0, 0.1) is 33.5 Å². The summed E-state index contributed by atoms with van der Waals surface area (Å²) in [4.78, 5) is 26.1. The molecular weight excluding hydrogens is 484 g/mol. The predicted molar refractivity (Wildman–Crippen MR) is 167 cm³/mol. The molecule has 0 bridgehead atoms. The number of ether oxygens (including phenoxy) is 2. The number of hydrogen-bond donors (Lipinski definition) is 0. The maximum absolute atomic E-state index is 13.1. The van der Waals surface area contributed by atoms with Crippen molar-refractivity contribution >= 4 is 11.8 Å². The van der Waals surface area contributed by atoms with Crippen molar-refractivity contribution in [3.8, 4) is 0 Å². The third kappa shape index (κ3) is 15.1. The minimum absolute atomic E-state index is 0.0111. The predicted octanol–water partition coefficient (Wildman–Crippen LogP) is 10.2. The lowest BCUT2D eigenvalue weighted by atomic mass is 9.67. The van der Waals surface area contributed by atoms with Crippen molar-refractivity contribution in [2.24, 2.45) is 33.5 Å². The van der Waals surface area contributed by atoms with Gasteiger partial charge >= 0.3 is 5.97 Å². The molecule has 0 fully saturated rings. The highest BCUT2D eigenvalue weighted by atomic mass is 16.6.